The molecule has 4 heterocycles. The molecular formula is C33H37Br2N7O5. The Bertz CT molecular complexity index is 1980. The lowest BCUT2D eigenvalue weighted by molar-refractivity contribution is -0.138. The molecule has 2 aliphatic rings. The zero-order valence-electron chi connectivity index (χ0n) is 26.2. The molecule has 0 radical (unpaired) electrons. The Kier molecular flexibility index (Phi) is 9.45. The van der Waals surface area contributed by atoms with Gasteiger partial charge in [0.1, 0.15) is 11.6 Å². The van der Waals surface area contributed by atoms with E-state index in [0.29, 0.717) is 70.0 Å². The highest BCUT2D eigenvalue weighted by Gasteiger charge is 2.35. The SMILES string of the molecule is CN1CCC(C(=O)NC(CC(=O)c2cc(Br)c(N)c(Br)c2)C(=O)N2CCC(n3c(=O)[nH]c4c5ccccc5n(C)c(=O)c43)CC2)CC1. The summed E-state index contributed by atoms with van der Waals surface area (Å²) < 4.78 is 4.18. The lowest BCUT2D eigenvalue weighted by atomic mass is 9.94. The summed E-state index contributed by atoms with van der Waals surface area (Å²) in [7, 11) is 3.70. The number of nitrogens with zero attached hydrogens (tertiary/aromatic N) is 4. The number of aryl methyl sites for hydroxylation is 1. The van der Waals surface area contributed by atoms with Gasteiger partial charge in [-0.2, -0.15) is 0 Å². The molecule has 2 aromatic carbocycles. The molecule has 47 heavy (non-hydrogen) atoms. The van der Waals surface area contributed by atoms with Crippen molar-refractivity contribution in [3.8, 4) is 0 Å². The summed E-state index contributed by atoms with van der Waals surface area (Å²) in [6.45, 7) is 2.15. The summed E-state index contributed by atoms with van der Waals surface area (Å²) in [6.07, 6.45) is 1.99. The number of aromatic amines is 1. The number of ketones is 1. The van der Waals surface area contributed by atoms with Crippen LogP contribution >= 0.6 is 31.9 Å². The number of para-hydroxylation sites is 1. The van der Waals surface area contributed by atoms with Crippen LogP contribution in [0.15, 0.2) is 54.9 Å². The number of pyridine rings is 1. The number of rotatable bonds is 7. The van der Waals surface area contributed by atoms with Gasteiger partial charge < -0.3 is 30.4 Å². The summed E-state index contributed by atoms with van der Waals surface area (Å²) in [5, 5.41) is 3.70. The zero-order chi connectivity index (χ0) is 33.6. The number of H-pyrrole nitrogens is 1. The van der Waals surface area contributed by atoms with Gasteiger partial charge in [0.15, 0.2) is 5.78 Å². The van der Waals surface area contributed by atoms with Crippen LogP contribution in [0, 0.1) is 5.92 Å². The third-order valence-electron chi connectivity index (χ3n) is 9.61. The van der Waals surface area contributed by atoms with Crippen LogP contribution in [0.4, 0.5) is 5.69 Å². The Morgan fingerprint density at radius 1 is 0.979 bits per heavy atom. The van der Waals surface area contributed by atoms with Gasteiger partial charge in [-0.15, -0.1) is 0 Å². The molecule has 6 rings (SSSR count). The number of nitrogens with one attached hydrogen (secondary N) is 2. The van der Waals surface area contributed by atoms with E-state index < -0.39 is 6.04 Å². The quantitative estimate of drug-likeness (QED) is 0.192. The molecule has 4 aromatic rings. The van der Waals surface area contributed by atoms with E-state index in [0.717, 1.165) is 24.0 Å². The van der Waals surface area contributed by atoms with E-state index >= 15 is 0 Å². The van der Waals surface area contributed by atoms with Crippen molar-refractivity contribution in [3.63, 3.8) is 0 Å². The molecule has 2 aliphatic heterocycles. The lowest BCUT2D eigenvalue weighted by Crippen LogP contribution is -2.53. The number of carbonyl (C=O) groups excluding carboxylic acids is 3. The Labute approximate surface area is 287 Å². The highest BCUT2D eigenvalue weighted by Crippen LogP contribution is 2.31. The molecule has 0 saturated carbocycles. The molecule has 0 bridgehead atoms. The normalized spacial score (nSPS) is 17.3. The summed E-state index contributed by atoms with van der Waals surface area (Å²) in [4.78, 5) is 74.3. The van der Waals surface area contributed by atoms with Gasteiger partial charge in [-0.3, -0.25) is 23.7 Å². The maximum Gasteiger partial charge on any atom is 0.326 e. The number of fused-ring (bicyclic) bond motifs is 3. The predicted molar refractivity (Wildman–Crippen MR) is 188 cm³/mol. The van der Waals surface area contributed by atoms with Gasteiger partial charge >= 0.3 is 5.69 Å². The topological polar surface area (TPSA) is 156 Å². The third-order valence-corrected chi connectivity index (χ3v) is 10.9. The third kappa shape index (κ3) is 6.42. The smallest absolute Gasteiger partial charge is 0.326 e. The average molecular weight is 772 g/mol. The second-order valence-corrected chi connectivity index (χ2v) is 14.3. The van der Waals surface area contributed by atoms with Crippen LogP contribution in [0.1, 0.15) is 48.5 Å². The molecule has 248 valence electrons. The van der Waals surface area contributed by atoms with Crippen LogP contribution in [-0.4, -0.2) is 80.8 Å². The van der Waals surface area contributed by atoms with E-state index in [2.05, 4.69) is 47.1 Å². The molecule has 12 nitrogen and oxygen atoms in total. The number of likely N-dealkylation sites (tertiary alicyclic amines) is 2. The van der Waals surface area contributed by atoms with Gasteiger partial charge in [0.2, 0.25) is 11.8 Å². The standard InChI is InChI=1S/C33H37Br2N7O5/c1-39-11-7-18(8-12-39)30(44)37-24(17-26(43)19-15-22(34)27(36)23(35)16-19)31(45)41-13-9-20(10-14-41)42-29-28(38-33(42)47)21-5-3-4-6-25(21)40(2)32(29)46/h3-6,15-16,18,20,24H,7-14,17,36H2,1-2H3,(H,37,44)(H,38,47). The minimum atomic E-state index is -1.06. The fraction of sp³-hybridized carbons (Fsp3) is 0.424. The van der Waals surface area contributed by atoms with Gasteiger partial charge in [-0.1, -0.05) is 18.2 Å². The highest BCUT2D eigenvalue weighted by molar-refractivity contribution is 9.11. The van der Waals surface area contributed by atoms with Crippen molar-refractivity contribution in [3.05, 3.63) is 71.7 Å². The maximum absolute atomic E-state index is 14.0. The Hall–Kier alpha value is -3.75. The van der Waals surface area contributed by atoms with Crippen LogP contribution in [0.5, 0.6) is 0 Å². The number of carbonyl (C=O) groups is 3. The van der Waals surface area contributed by atoms with E-state index in [4.69, 9.17) is 5.73 Å². The van der Waals surface area contributed by atoms with E-state index in [1.54, 1.807) is 28.6 Å². The maximum atomic E-state index is 14.0. The van der Waals surface area contributed by atoms with Gasteiger partial charge in [0.05, 0.1) is 16.7 Å². The number of amides is 2. The number of nitrogen functional groups attached to an aromatic ring is 1. The van der Waals surface area contributed by atoms with Crippen LogP contribution in [0.3, 0.4) is 0 Å². The van der Waals surface area contributed by atoms with Crippen molar-refractivity contribution >= 4 is 77.1 Å². The number of piperidine rings is 2. The van der Waals surface area contributed by atoms with Crippen molar-refractivity contribution in [1.82, 2.24) is 29.2 Å². The first-order valence-electron chi connectivity index (χ1n) is 15.7. The average Bonchev–Trinajstić information content (AvgIpc) is 3.42. The molecule has 2 aromatic heterocycles. The molecule has 4 N–H and O–H groups in total. The largest absolute Gasteiger partial charge is 0.397 e. The van der Waals surface area contributed by atoms with E-state index in [1.165, 1.54) is 4.57 Å². The van der Waals surface area contributed by atoms with E-state index in [1.807, 2.05) is 31.3 Å². The molecule has 0 spiro atoms. The van der Waals surface area contributed by atoms with Crippen molar-refractivity contribution in [2.75, 3.05) is 39.0 Å². The van der Waals surface area contributed by atoms with E-state index in [-0.39, 0.29) is 47.2 Å². The van der Waals surface area contributed by atoms with Gasteiger partial charge in [-0.25, -0.2) is 4.79 Å². The van der Waals surface area contributed by atoms with Crippen molar-refractivity contribution in [2.45, 2.75) is 44.2 Å². The first-order chi connectivity index (χ1) is 22.4. The van der Waals surface area contributed by atoms with Crippen molar-refractivity contribution < 1.29 is 14.4 Å². The van der Waals surface area contributed by atoms with Crippen LogP contribution in [-0.2, 0) is 16.6 Å². The first-order valence-corrected chi connectivity index (χ1v) is 17.3. The van der Waals surface area contributed by atoms with Crippen molar-refractivity contribution in [1.29, 1.82) is 0 Å². The molecule has 0 aliphatic carbocycles. The Balaban J connectivity index is 1.23. The monoisotopic (exact) mass is 769 g/mol. The number of halogens is 2. The minimum Gasteiger partial charge on any atom is -0.397 e. The first kappa shape index (κ1) is 33.2. The lowest BCUT2D eigenvalue weighted by Gasteiger charge is -2.35. The van der Waals surface area contributed by atoms with Crippen LogP contribution in [0.2, 0.25) is 0 Å². The molecule has 2 fully saturated rings. The molecule has 2 amide bonds. The number of anilines is 1. The van der Waals surface area contributed by atoms with Crippen LogP contribution < -0.4 is 22.3 Å². The summed E-state index contributed by atoms with van der Waals surface area (Å²) in [6, 6.07) is 9.28. The van der Waals surface area contributed by atoms with Gasteiger partial charge in [-0.05, 0) is 95.9 Å². The van der Waals surface area contributed by atoms with Crippen molar-refractivity contribution in [2.24, 2.45) is 13.0 Å². The molecule has 1 unspecified atom stereocenters. The second-order valence-electron chi connectivity index (χ2n) is 12.6. The highest BCUT2D eigenvalue weighted by atomic mass is 79.9. The van der Waals surface area contributed by atoms with Gasteiger partial charge in [0.25, 0.3) is 5.56 Å². The number of nitrogens with two attached hydrogens (primary N) is 1. The minimum absolute atomic E-state index is 0.217. The zero-order valence-corrected chi connectivity index (χ0v) is 29.4. The summed E-state index contributed by atoms with van der Waals surface area (Å²) in [5.41, 5.74) is 7.73. The number of imidazole rings is 1. The number of hydrogen-bond donors (Lipinski definition) is 3. The molecular weight excluding hydrogens is 734 g/mol. The molecule has 14 heteroatoms. The molecule has 1 atom stereocenters. The molecule has 2 saturated heterocycles. The number of hydrogen-bond acceptors (Lipinski definition) is 7. The number of Topliss-reactive ketones (excluding diaryl/α,β-unsaturated/α-hetero) is 1. The fourth-order valence-electron chi connectivity index (χ4n) is 6.82. The fourth-order valence-corrected chi connectivity index (χ4v) is 8.01. The number of benzene rings is 2. The van der Waals surface area contributed by atoms with Crippen LogP contribution in [0.25, 0.3) is 21.9 Å². The summed E-state index contributed by atoms with van der Waals surface area (Å²) >= 11 is 6.76. The second kappa shape index (κ2) is 13.4. The van der Waals surface area contributed by atoms with Gasteiger partial charge in [0, 0.05) is 58.4 Å². The Morgan fingerprint density at radius 2 is 1.62 bits per heavy atom. The number of aromatic nitrogens is 3. The summed E-state index contributed by atoms with van der Waals surface area (Å²) in [5.74, 6) is -1.13. The Morgan fingerprint density at radius 3 is 2.28 bits per heavy atom. The predicted octanol–water partition coefficient (Wildman–Crippen LogP) is 3.55. The van der Waals surface area contributed by atoms with E-state index in [9.17, 15) is 24.0 Å².